The van der Waals surface area contributed by atoms with Gasteiger partial charge in [0.15, 0.2) is 0 Å². The molecule has 0 saturated heterocycles. The minimum absolute atomic E-state index is 0. The number of aromatic amines is 1. The molecule has 0 aliphatic carbocycles. The van der Waals surface area contributed by atoms with E-state index in [1.807, 2.05) is 13.0 Å². The van der Waals surface area contributed by atoms with Crippen molar-refractivity contribution in [2.75, 3.05) is 6.54 Å². The van der Waals surface area contributed by atoms with Crippen LogP contribution in [0.1, 0.15) is 11.4 Å². The van der Waals surface area contributed by atoms with Gasteiger partial charge in [0.1, 0.15) is 0 Å². The van der Waals surface area contributed by atoms with Gasteiger partial charge in [-0.1, -0.05) is 0 Å². The third kappa shape index (κ3) is 4.24. The highest BCUT2D eigenvalue weighted by Crippen LogP contribution is 1.96. The Morgan fingerprint density at radius 1 is 1.55 bits per heavy atom. The monoisotopic (exact) mass is 197 g/mol. The second kappa shape index (κ2) is 6.46. The molecule has 0 amide bonds. The predicted molar refractivity (Wildman–Crippen MR) is 50.6 cm³/mol. The lowest BCUT2D eigenvalue weighted by atomic mass is 10.3. The van der Waals surface area contributed by atoms with Gasteiger partial charge in [-0.2, -0.15) is 5.10 Å². The Labute approximate surface area is 78.6 Å². The van der Waals surface area contributed by atoms with Gasteiger partial charge < -0.3 is 5.73 Å². The molecular weight excluding hydrogens is 185 g/mol. The molecule has 5 heteroatoms. The van der Waals surface area contributed by atoms with Crippen molar-refractivity contribution in [2.24, 2.45) is 5.73 Å². The first-order chi connectivity index (χ1) is 4.33. The van der Waals surface area contributed by atoms with Crippen molar-refractivity contribution in [1.29, 1.82) is 0 Å². The smallest absolute Gasteiger partial charge is 0.0637 e. The molecular formula is C6H13Cl2N3. The van der Waals surface area contributed by atoms with Gasteiger partial charge in [-0.05, 0) is 19.5 Å². The molecule has 1 rings (SSSR count). The lowest BCUT2D eigenvalue weighted by Crippen LogP contribution is -2.02. The fraction of sp³-hybridized carbons (Fsp3) is 0.500. The Bertz CT molecular complexity index is 188. The first-order valence-corrected chi connectivity index (χ1v) is 3.04. The maximum atomic E-state index is 5.32. The van der Waals surface area contributed by atoms with Crippen LogP contribution in [-0.2, 0) is 6.42 Å². The van der Waals surface area contributed by atoms with Gasteiger partial charge in [0, 0.05) is 12.1 Å². The van der Waals surface area contributed by atoms with Crippen LogP contribution in [0.4, 0.5) is 0 Å². The number of H-pyrrole nitrogens is 1. The van der Waals surface area contributed by atoms with Crippen molar-refractivity contribution in [2.45, 2.75) is 13.3 Å². The zero-order valence-electron chi connectivity index (χ0n) is 6.33. The molecule has 11 heavy (non-hydrogen) atoms. The molecule has 0 atom stereocenters. The van der Waals surface area contributed by atoms with Crippen LogP contribution in [0.3, 0.4) is 0 Å². The summed E-state index contributed by atoms with van der Waals surface area (Å²) in [6.07, 6.45) is 0.865. The first kappa shape index (κ1) is 13.3. The molecule has 0 fully saturated rings. The lowest BCUT2D eigenvalue weighted by Gasteiger charge is -1.85. The van der Waals surface area contributed by atoms with Crippen LogP contribution in [0.25, 0.3) is 0 Å². The highest BCUT2D eigenvalue weighted by atomic mass is 35.5. The number of nitrogens with zero attached hydrogens (tertiary/aromatic N) is 1. The van der Waals surface area contributed by atoms with Crippen molar-refractivity contribution >= 4 is 24.8 Å². The third-order valence-corrected chi connectivity index (χ3v) is 1.16. The Hall–Kier alpha value is -0.250. The summed E-state index contributed by atoms with van der Waals surface area (Å²) >= 11 is 0. The second-order valence-corrected chi connectivity index (χ2v) is 2.08. The zero-order chi connectivity index (χ0) is 6.69. The van der Waals surface area contributed by atoms with Crippen LogP contribution in [0.5, 0.6) is 0 Å². The summed E-state index contributed by atoms with van der Waals surface area (Å²) in [4.78, 5) is 0. The van der Waals surface area contributed by atoms with E-state index in [0.717, 1.165) is 17.8 Å². The fourth-order valence-corrected chi connectivity index (χ4v) is 0.750. The average Bonchev–Trinajstić information content (AvgIpc) is 2.17. The van der Waals surface area contributed by atoms with E-state index in [0.29, 0.717) is 6.54 Å². The van der Waals surface area contributed by atoms with Crippen LogP contribution in [0.15, 0.2) is 6.07 Å². The molecule has 0 aliphatic rings. The van der Waals surface area contributed by atoms with Crippen LogP contribution in [-0.4, -0.2) is 16.7 Å². The maximum Gasteiger partial charge on any atom is 0.0637 e. The number of hydrogen-bond acceptors (Lipinski definition) is 2. The second-order valence-electron chi connectivity index (χ2n) is 2.08. The van der Waals surface area contributed by atoms with E-state index in [1.54, 1.807) is 0 Å². The predicted octanol–water partition coefficient (Wildman–Crippen LogP) is 1.06. The summed E-state index contributed by atoms with van der Waals surface area (Å²) in [5.41, 5.74) is 7.46. The molecule has 0 saturated carbocycles. The van der Waals surface area contributed by atoms with E-state index >= 15 is 0 Å². The van der Waals surface area contributed by atoms with Gasteiger partial charge >= 0.3 is 0 Å². The Morgan fingerprint density at radius 3 is 2.55 bits per heavy atom. The zero-order valence-corrected chi connectivity index (χ0v) is 7.97. The SMILES string of the molecule is Cc1cc(CCN)n[nH]1.Cl.Cl. The lowest BCUT2D eigenvalue weighted by molar-refractivity contribution is 0.898. The van der Waals surface area contributed by atoms with Crippen LogP contribution >= 0.6 is 24.8 Å². The Morgan fingerprint density at radius 2 is 2.18 bits per heavy atom. The number of nitrogens with one attached hydrogen (secondary N) is 1. The van der Waals surface area contributed by atoms with Crippen molar-refractivity contribution in [3.63, 3.8) is 0 Å². The minimum Gasteiger partial charge on any atom is -0.330 e. The van der Waals surface area contributed by atoms with Crippen LogP contribution < -0.4 is 5.73 Å². The van der Waals surface area contributed by atoms with Crippen LogP contribution in [0.2, 0.25) is 0 Å². The van der Waals surface area contributed by atoms with E-state index < -0.39 is 0 Å². The minimum atomic E-state index is 0. The molecule has 1 heterocycles. The van der Waals surface area contributed by atoms with E-state index in [1.165, 1.54) is 0 Å². The largest absolute Gasteiger partial charge is 0.330 e. The van der Waals surface area contributed by atoms with Crippen molar-refractivity contribution in [3.05, 3.63) is 17.5 Å². The number of hydrogen-bond donors (Lipinski definition) is 2. The molecule has 66 valence electrons. The average molecular weight is 198 g/mol. The van der Waals surface area contributed by atoms with Gasteiger partial charge in [-0.15, -0.1) is 24.8 Å². The third-order valence-electron chi connectivity index (χ3n) is 1.16. The van der Waals surface area contributed by atoms with E-state index in [9.17, 15) is 0 Å². The molecule has 1 aromatic heterocycles. The van der Waals surface area contributed by atoms with Crippen LogP contribution in [0, 0.1) is 6.92 Å². The highest BCUT2D eigenvalue weighted by molar-refractivity contribution is 5.85. The number of aromatic nitrogens is 2. The van der Waals surface area contributed by atoms with Gasteiger partial charge in [0.05, 0.1) is 5.69 Å². The van der Waals surface area contributed by atoms with Crippen molar-refractivity contribution in [3.8, 4) is 0 Å². The van der Waals surface area contributed by atoms with Crippen molar-refractivity contribution in [1.82, 2.24) is 10.2 Å². The Kier molecular flexibility index (Phi) is 7.84. The summed E-state index contributed by atoms with van der Waals surface area (Å²) in [5, 5.41) is 6.85. The quantitative estimate of drug-likeness (QED) is 0.746. The van der Waals surface area contributed by atoms with Gasteiger partial charge in [0.2, 0.25) is 0 Å². The Balaban J connectivity index is 0. The topological polar surface area (TPSA) is 54.7 Å². The fourth-order valence-electron chi connectivity index (χ4n) is 0.750. The van der Waals surface area contributed by atoms with Crippen molar-refractivity contribution < 1.29 is 0 Å². The molecule has 0 radical (unpaired) electrons. The normalized spacial score (nSPS) is 8.18. The molecule has 3 nitrogen and oxygen atoms in total. The summed E-state index contributed by atoms with van der Waals surface area (Å²) < 4.78 is 0. The number of rotatable bonds is 2. The summed E-state index contributed by atoms with van der Waals surface area (Å²) in [6.45, 7) is 2.65. The van der Waals surface area contributed by atoms with Gasteiger partial charge in [-0.3, -0.25) is 5.10 Å². The summed E-state index contributed by atoms with van der Waals surface area (Å²) in [7, 11) is 0. The molecule has 0 spiro atoms. The molecule has 0 aliphatic heterocycles. The standard InChI is InChI=1S/C6H11N3.2ClH/c1-5-4-6(2-3-7)9-8-5;;/h4H,2-3,7H2,1H3,(H,8,9);2*1H. The van der Waals surface area contributed by atoms with E-state index in [4.69, 9.17) is 5.73 Å². The van der Waals surface area contributed by atoms with E-state index in [-0.39, 0.29) is 24.8 Å². The molecule has 3 N–H and O–H groups in total. The molecule has 1 aromatic rings. The number of aryl methyl sites for hydroxylation is 1. The molecule has 0 bridgehead atoms. The number of halogens is 2. The highest BCUT2D eigenvalue weighted by Gasteiger charge is 1.93. The summed E-state index contributed by atoms with van der Waals surface area (Å²) in [6, 6.07) is 2.01. The van der Waals surface area contributed by atoms with Gasteiger partial charge in [0.25, 0.3) is 0 Å². The number of nitrogens with two attached hydrogens (primary N) is 1. The summed E-state index contributed by atoms with van der Waals surface area (Å²) in [5.74, 6) is 0. The maximum absolute atomic E-state index is 5.32. The van der Waals surface area contributed by atoms with Gasteiger partial charge in [-0.25, -0.2) is 0 Å². The van der Waals surface area contributed by atoms with E-state index in [2.05, 4.69) is 10.2 Å². The molecule has 0 aromatic carbocycles. The molecule has 0 unspecified atom stereocenters. The first-order valence-electron chi connectivity index (χ1n) is 3.04.